The van der Waals surface area contributed by atoms with Crippen molar-refractivity contribution in [3.8, 4) is 0 Å². The third-order valence-corrected chi connectivity index (χ3v) is 6.98. The predicted molar refractivity (Wildman–Crippen MR) is 126 cm³/mol. The molecule has 0 aliphatic rings. The van der Waals surface area contributed by atoms with Gasteiger partial charge in [-0.3, -0.25) is 5.09 Å². The second-order valence-corrected chi connectivity index (χ2v) is 11.1. The molecule has 2 heterocycles. The first kappa shape index (κ1) is 23.9. The number of fused-ring (bicyclic) bond motifs is 1. The van der Waals surface area contributed by atoms with Crippen LogP contribution in [0.2, 0.25) is 0 Å². The zero-order valence-corrected chi connectivity index (χ0v) is 19.9. The highest BCUT2D eigenvalue weighted by atomic mass is 32.2. The van der Waals surface area contributed by atoms with E-state index in [-0.39, 0.29) is 23.0 Å². The molecule has 2 atom stereocenters. The maximum Gasteiger partial charge on any atom is 0.429 e. The first-order chi connectivity index (χ1) is 14.6. The van der Waals surface area contributed by atoms with Crippen molar-refractivity contribution in [2.24, 2.45) is 5.92 Å². The Hall–Kier alpha value is -1.75. The molecule has 0 radical (unpaired) electrons. The van der Waals surface area contributed by atoms with Crippen LogP contribution < -0.4 is 10.4 Å². The zero-order valence-electron chi connectivity index (χ0n) is 17.4. The van der Waals surface area contributed by atoms with E-state index < -0.39 is 7.75 Å². The number of nitrogens with zero attached hydrogens (tertiary/aromatic N) is 3. The summed E-state index contributed by atoms with van der Waals surface area (Å²) in [6.07, 6.45) is 0.733. The fourth-order valence-electron chi connectivity index (χ4n) is 3.02. The van der Waals surface area contributed by atoms with Crippen LogP contribution in [0, 0.1) is 5.92 Å². The Morgan fingerprint density at radius 3 is 2.45 bits per heavy atom. The molecule has 0 bridgehead atoms. The Morgan fingerprint density at radius 2 is 1.84 bits per heavy atom. The number of thioether (sulfide) groups is 1. The van der Waals surface area contributed by atoms with Crippen LogP contribution >= 0.6 is 30.8 Å². The number of thiazole rings is 1. The smallest absolute Gasteiger partial charge is 0.394 e. The summed E-state index contributed by atoms with van der Waals surface area (Å²) in [6, 6.07) is 9.75. The van der Waals surface area contributed by atoms with Crippen LogP contribution in [0.15, 0.2) is 35.5 Å². The molecule has 0 fully saturated rings. The molecule has 168 valence electrons. The third-order valence-electron chi connectivity index (χ3n) is 4.34. The summed E-state index contributed by atoms with van der Waals surface area (Å²) >= 11 is 2.52. The molecule has 0 aliphatic heterocycles. The van der Waals surface area contributed by atoms with Crippen molar-refractivity contribution in [3.63, 3.8) is 0 Å². The van der Waals surface area contributed by atoms with E-state index in [9.17, 15) is 19.5 Å². The Bertz CT molecular complexity index is 1060. The first-order valence-electron chi connectivity index (χ1n) is 9.76. The van der Waals surface area contributed by atoms with Crippen molar-refractivity contribution >= 4 is 52.1 Å². The van der Waals surface area contributed by atoms with Crippen LogP contribution in [0.25, 0.3) is 10.3 Å². The number of aliphatic hydroxyl groups is 1. The lowest BCUT2D eigenvalue weighted by atomic mass is 10.0. The molecular weight excluding hydrogens is 457 g/mol. The lowest BCUT2D eigenvalue weighted by Gasteiger charge is -2.19. The molecule has 31 heavy (non-hydrogen) atoms. The maximum absolute atomic E-state index is 11.3. The highest BCUT2D eigenvalue weighted by molar-refractivity contribution is 7.99. The van der Waals surface area contributed by atoms with Gasteiger partial charge in [0.2, 0.25) is 0 Å². The number of aromatic nitrogens is 3. The number of benzene rings is 1. The second kappa shape index (κ2) is 10.2. The number of hydrogen-bond donors (Lipinski definition) is 5. The van der Waals surface area contributed by atoms with Crippen LogP contribution in [-0.4, -0.2) is 42.5 Å². The number of rotatable bonds is 10. The summed E-state index contributed by atoms with van der Waals surface area (Å²) in [6.45, 7) is 6.12. The Morgan fingerprint density at radius 1 is 1.13 bits per heavy atom. The summed E-state index contributed by atoms with van der Waals surface area (Å²) in [5.41, 5.74) is 1.46. The molecule has 2 aromatic heterocycles. The van der Waals surface area contributed by atoms with E-state index in [0.29, 0.717) is 27.2 Å². The lowest BCUT2D eigenvalue weighted by Crippen LogP contribution is -2.26. The molecule has 0 saturated carbocycles. The Labute approximate surface area is 189 Å². The SMILES string of the molecule is CC(C)CC(CO)Nc1nc(SC(C)c2ccccc2)nc2nc(NP(=O)(O)O)sc12. The van der Waals surface area contributed by atoms with Crippen LogP contribution in [0.5, 0.6) is 0 Å². The van der Waals surface area contributed by atoms with Gasteiger partial charge in [-0.25, -0.2) is 14.5 Å². The van der Waals surface area contributed by atoms with Crippen molar-refractivity contribution < 1.29 is 19.5 Å². The van der Waals surface area contributed by atoms with Gasteiger partial charge in [-0.05, 0) is 24.8 Å². The fourth-order valence-corrected chi connectivity index (χ4v) is 5.46. The zero-order chi connectivity index (χ0) is 22.6. The molecule has 5 N–H and O–H groups in total. The predicted octanol–water partition coefficient (Wildman–Crippen LogP) is 4.26. The highest BCUT2D eigenvalue weighted by Crippen LogP contribution is 2.41. The van der Waals surface area contributed by atoms with Gasteiger partial charge in [0.05, 0.1) is 12.6 Å². The van der Waals surface area contributed by atoms with Gasteiger partial charge in [-0.15, -0.1) is 0 Å². The standard InChI is InChI=1S/C19H26N5O4PS2/c1-11(2)9-14(10-25)20-16-15-17(23-19(31-15)24-29(26,27)28)22-18(21-16)30-12(3)13-7-5-4-6-8-13/h4-8,11-12,14,25H,9-10H2,1-3H3,(H4,20,21,22,23,24,26,27,28). The molecule has 1 aromatic carbocycles. The van der Waals surface area contributed by atoms with Gasteiger partial charge in [-0.1, -0.05) is 67.3 Å². The molecular formula is C19H26N5O4PS2. The number of aliphatic hydroxyl groups excluding tert-OH is 1. The normalized spacial score (nSPS) is 14.0. The average Bonchev–Trinajstić information content (AvgIpc) is 3.08. The van der Waals surface area contributed by atoms with Crippen molar-refractivity contribution in [1.82, 2.24) is 15.0 Å². The molecule has 9 nitrogen and oxygen atoms in total. The molecule has 0 saturated heterocycles. The van der Waals surface area contributed by atoms with Gasteiger partial charge in [0.1, 0.15) is 4.70 Å². The minimum absolute atomic E-state index is 0.0587. The summed E-state index contributed by atoms with van der Waals surface area (Å²) in [5, 5.41) is 15.8. The minimum atomic E-state index is -4.50. The second-order valence-electron chi connectivity index (χ2n) is 7.51. The maximum atomic E-state index is 11.3. The average molecular weight is 484 g/mol. The summed E-state index contributed by atoms with van der Waals surface area (Å²) in [5.74, 6) is 0.853. The molecule has 0 amide bonds. The topological polar surface area (TPSA) is 140 Å². The van der Waals surface area contributed by atoms with Crippen LogP contribution in [-0.2, 0) is 4.57 Å². The van der Waals surface area contributed by atoms with Crippen molar-refractivity contribution in [3.05, 3.63) is 35.9 Å². The summed E-state index contributed by atoms with van der Waals surface area (Å²) in [7, 11) is -4.50. The van der Waals surface area contributed by atoms with E-state index in [2.05, 4.69) is 46.1 Å². The number of nitrogens with one attached hydrogen (secondary N) is 2. The monoisotopic (exact) mass is 483 g/mol. The van der Waals surface area contributed by atoms with Gasteiger partial charge < -0.3 is 20.2 Å². The number of anilines is 2. The van der Waals surface area contributed by atoms with Gasteiger partial charge in [-0.2, -0.15) is 4.98 Å². The van der Waals surface area contributed by atoms with Crippen molar-refractivity contribution in [1.29, 1.82) is 0 Å². The Kier molecular flexibility index (Phi) is 7.90. The van der Waals surface area contributed by atoms with Gasteiger partial charge in [0, 0.05) is 5.25 Å². The molecule has 3 rings (SSSR count). The largest absolute Gasteiger partial charge is 0.429 e. The Balaban J connectivity index is 1.97. The lowest BCUT2D eigenvalue weighted by molar-refractivity contribution is 0.259. The van der Waals surface area contributed by atoms with Crippen LogP contribution in [0.1, 0.15) is 38.0 Å². The van der Waals surface area contributed by atoms with E-state index in [4.69, 9.17) is 0 Å². The quantitative estimate of drug-likeness (QED) is 0.161. The summed E-state index contributed by atoms with van der Waals surface area (Å²) < 4.78 is 11.9. The van der Waals surface area contributed by atoms with E-state index in [1.54, 1.807) is 0 Å². The number of hydrogen-bond acceptors (Lipinski definition) is 8. The summed E-state index contributed by atoms with van der Waals surface area (Å²) in [4.78, 5) is 31.8. The van der Waals surface area contributed by atoms with Gasteiger partial charge >= 0.3 is 7.75 Å². The molecule has 0 aliphatic carbocycles. The third kappa shape index (κ3) is 6.86. The fraction of sp³-hybridized carbons (Fsp3) is 0.421. The minimum Gasteiger partial charge on any atom is -0.394 e. The van der Waals surface area contributed by atoms with Crippen molar-refractivity contribution in [2.45, 2.75) is 43.6 Å². The van der Waals surface area contributed by atoms with E-state index in [0.717, 1.165) is 23.3 Å². The van der Waals surface area contributed by atoms with Crippen molar-refractivity contribution in [2.75, 3.05) is 17.0 Å². The van der Waals surface area contributed by atoms with E-state index >= 15 is 0 Å². The first-order valence-corrected chi connectivity index (χ1v) is 13.1. The molecule has 2 unspecified atom stereocenters. The van der Waals surface area contributed by atoms with E-state index in [1.165, 1.54) is 11.8 Å². The molecule has 3 aromatic rings. The van der Waals surface area contributed by atoms with Gasteiger partial charge in [0.25, 0.3) is 0 Å². The molecule has 12 heteroatoms. The van der Waals surface area contributed by atoms with Gasteiger partial charge in [0.15, 0.2) is 21.8 Å². The van der Waals surface area contributed by atoms with E-state index in [1.807, 2.05) is 30.3 Å². The van der Waals surface area contributed by atoms with Crippen LogP contribution in [0.4, 0.5) is 10.9 Å². The highest BCUT2D eigenvalue weighted by Gasteiger charge is 2.21. The van der Waals surface area contributed by atoms with Crippen LogP contribution in [0.3, 0.4) is 0 Å². The molecule has 0 spiro atoms.